The Morgan fingerprint density at radius 2 is 1.33 bits per heavy atom. The van der Waals surface area contributed by atoms with Gasteiger partial charge in [-0.15, -0.1) is 5.06 Å². The van der Waals surface area contributed by atoms with E-state index >= 15 is 0 Å². The number of unbranched alkanes of at least 4 members (excludes halogenated alkanes) is 7. The van der Waals surface area contributed by atoms with E-state index in [0.717, 1.165) is 38.5 Å². The predicted molar refractivity (Wildman–Crippen MR) is 124 cm³/mol. The second-order valence-corrected chi connectivity index (χ2v) is 9.57. The molecule has 0 atom stereocenters. The molecule has 1 aliphatic heterocycles. The standard InChI is InChI=1S/C26H37NO6/c1-26(2,3)32-25(31)21-16-14-20(15-17-21)12-10-8-6-4-5-7-9-11-13-24(30)33-27-22(28)18-19-23(27)29/h14-17H,4-13,18-19H2,1-3H3. The van der Waals surface area contributed by atoms with Crippen molar-refractivity contribution in [1.29, 1.82) is 0 Å². The van der Waals surface area contributed by atoms with Crippen molar-refractivity contribution in [3.8, 4) is 0 Å². The number of hydroxylamine groups is 2. The number of benzene rings is 1. The Balaban J connectivity index is 1.46. The molecule has 0 spiro atoms. The molecule has 1 aromatic rings. The fraction of sp³-hybridized carbons (Fsp3) is 0.615. The van der Waals surface area contributed by atoms with Crippen LogP contribution in [0.3, 0.4) is 0 Å². The summed E-state index contributed by atoms with van der Waals surface area (Å²) in [5.74, 6) is -1.68. The Bertz CT molecular complexity index is 793. The first-order chi connectivity index (χ1) is 15.7. The number of nitrogens with zero attached hydrogens (tertiary/aromatic N) is 1. The number of aryl methyl sites for hydroxylation is 1. The number of ether oxygens (including phenoxy) is 1. The topological polar surface area (TPSA) is 90.0 Å². The molecule has 0 unspecified atom stereocenters. The highest BCUT2D eigenvalue weighted by molar-refractivity contribution is 6.01. The molecule has 0 saturated carbocycles. The first-order valence-corrected chi connectivity index (χ1v) is 12.0. The molecule has 0 bridgehead atoms. The molecule has 7 nitrogen and oxygen atoms in total. The third kappa shape index (κ3) is 10.2. The van der Waals surface area contributed by atoms with Crippen LogP contribution in [0.5, 0.6) is 0 Å². The minimum absolute atomic E-state index is 0.118. The Kier molecular flexibility index (Phi) is 10.6. The minimum atomic E-state index is -0.516. The van der Waals surface area contributed by atoms with Gasteiger partial charge in [0, 0.05) is 19.3 Å². The van der Waals surface area contributed by atoms with E-state index in [1.54, 1.807) is 0 Å². The van der Waals surface area contributed by atoms with E-state index in [1.807, 2.05) is 45.0 Å². The second-order valence-electron chi connectivity index (χ2n) is 9.57. The summed E-state index contributed by atoms with van der Waals surface area (Å²) >= 11 is 0. The zero-order valence-corrected chi connectivity index (χ0v) is 20.2. The molecule has 1 heterocycles. The predicted octanol–water partition coefficient (Wildman–Crippen LogP) is 5.30. The zero-order chi connectivity index (χ0) is 24.3. The van der Waals surface area contributed by atoms with E-state index in [9.17, 15) is 19.2 Å². The number of esters is 1. The molecule has 2 amide bonds. The van der Waals surface area contributed by atoms with Gasteiger partial charge in [0.1, 0.15) is 5.60 Å². The molecule has 33 heavy (non-hydrogen) atoms. The van der Waals surface area contributed by atoms with Crippen LogP contribution in [0, 0.1) is 0 Å². The van der Waals surface area contributed by atoms with Gasteiger partial charge < -0.3 is 9.57 Å². The largest absolute Gasteiger partial charge is 0.456 e. The van der Waals surface area contributed by atoms with Crippen molar-refractivity contribution in [1.82, 2.24) is 5.06 Å². The van der Waals surface area contributed by atoms with Crippen LogP contribution in [0.4, 0.5) is 0 Å². The van der Waals surface area contributed by atoms with Crippen molar-refractivity contribution < 1.29 is 28.8 Å². The van der Waals surface area contributed by atoms with Gasteiger partial charge in [-0.2, -0.15) is 0 Å². The molecule has 7 heteroatoms. The molecule has 2 rings (SSSR count). The van der Waals surface area contributed by atoms with Gasteiger partial charge in [0.2, 0.25) is 0 Å². The summed E-state index contributed by atoms with van der Waals surface area (Å²) in [6.45, 7) is 5.58. The highest BCUT2D eigenvalue weighted by Gasteiger charge is 2.32. The summed E-state index contributed by atoms with van der Waals surface area (Å²) in [6.07, 6.45) is 9.90. The van der Waals surface area contributed by atoms with Crippen molar-refractivity contribution in [2.75, 3.05) is 0 Å². The van der Waals surface area contributed by atoms with Crippen molar-refractivity contribution in [2.24, 2.45) is 0 Å². The molecular formula is C26H37NO6. The number of hydrogen-bond donors (Lipinski definition) is 0. The molecule has 0 radical (unpaired) electrons. The maximum Gasteiger partial charge on any atom is 0.338 e. The minimum Gasteiger partial charge on any atom is -0.456 e. The highest BCUT2D eigenvalue weighted by Crippen LogP contribution is 2.16. The van der Waals surface area contributed by atoms with Gasteiger partial charge in [-0.1, -0.05) is 50.7 Å². The van der Waals surface area contributed by atoms with E-state index in [2.05, 4.69) is 0 Å². The van der Waals surface area contributed by atoms with Crippen molar-refractivity contribution in [3.05, 3.63) is 35.4 Å². The van der Waals surface area contributed by atoms with Crippen LogP contribution in [0.2, 0.25) is 0 Å². The molecule has 182 valence electrons. The van der Waals surface area contributed by atoms with Crippen LogP contribution >= 0.6 is 0 Å². The normalized spacial score (nSPS) is 14.0. The van der Waals surface area contributed by atoms with Crippen LogP contribution in [-0.4, -0.2) is 34.4 Å². The van der Waals surface area contributed by atoms with E-state index in [1.165, 1.54) is 18.4 Å². The van der Waals surface area contributed by atoms with Crippen LogP contribution in [0.15, 0.2) is 24.3 Å². The van der Waals surface area contributed by atoms with E-state index in [4.69, 9.17) is 9.57 Å². The van der Waals surface area contributed by atoms with E-state index < -0.39 is 23.4 Å². The van der Waals surface area contributed by atoms with Crippen LogP contribution in [0.25, 0.3) is 0 Å². The molecule has 1 aromatic carbocycles. The molecular weight excluding hydrogens is 422 g/mol. The van der Waals surface area contributed by atoms with Gasteiger partial charge in [-0.05, 0) is 57.7 Å². The lowest BCUT2D eigenvalue weighted by atomic mass is 10.0. The first-order valence-electron chi connectivity index (χ1n) is 12.0. The monoisotopic (exact) mass is 459 g/mol. The van der Waals surface area contributed by atoms with Gasteiger partial charge in [0.05, 0.1) is 5.56 Å². The average molecular weight is 460 g/mol. The Morgan fingerprint density at radius 3 is 1.88 bits per heavy atom. The van der Waals surface area contributed by atoms with Crippen molar-refractivity contribution >= 4 is 23.8 Å². The van der Waals surface area contributed by atoms with Gasteiger partial charge in [0.15, 0.2) is 0 Å². The summed E-state index contributed by atoms with van der Waals surface area (Å²) < 4.78 is 5.38. The summed E-state index contributed by atoms with van der Waals surface area (Å²) in [5, 5.41) is 0.609. The second kappa shape index (κ2) is 13.1. The molecule has 1 saturated heterocycles. The summed E-state index contributed by atoms with van der Waals surface area (Å²) in [6, 6.07) is 7.67. The molecule has 1 aliphatic rings. The molecule has 0 aromatic heterocycles. The van der Waals surface area contributed by atoms with Crippen LogP contribution < -0.4 is 0 Å². The third-order valence-corrected chi connectivity index (χ3v) is 5.38. The van der Waals surface area contributed by atoms with Gasteiger partial charge >= 0.3 is 11.9 Å². The van der Waals surface area contributed by atoms with Gasteiger partial charge in [-0.25, -0.2) is 9.59 Å². The van der Waals surface area contributed by atoms with E-state index in [0.29, 0.717) is 17.0 Å². The fourth-order valence-corrected chi connectivity index (χ4v) is 3.61. The quantitative estimate of drug-likeness (QED) is 0.226. The number of carbonyl (C=O) groups is 4. The van der Waals surface area contributed by atoms with Gasteiger partial charge in [-0.3, -0.25) is 9.59 Å². The molecule has 0 aliphatic carbocycles. The third-order valence-electron chi connectivity index (χ3n) is 5.38. The number of rotatable bonds is 13. The lowest BCUT2D eigenvalue weighted by molar-refractivity contribution is -0.197. The number of imide groups is 1. The zero-order valence-electron chi connectivity index (χ0n) is 20.2. The number of hydrogen-bond acceptors (Lipinski definition) is 6. The van der Waals surface area contributed by atoms with Crippen molar-refractivity contribution in [3.63, 3.8) is 0 Å². The smallest absolute Gasteiger partial charge is 0.338 e. The summed E-state index contributed by atoms with van der Waals surface area (Å²) in [5.41, 5.74) is 1.32. The van der Waals surface area contributed by atoms with Crippen molar-refractivity contribution in [2.45, 2.75) is 103 Å². The van der Waals surface area contributed by atoms with E-state index in [-0.39, 0.29) is 25.2 Å². The molecule has 1 fully saturated rings. The molecule has 0 N–H and O–H groups in total. The lowest BCUT2D eigenvalue weighted by Gasteiger charge is -2.19. The Hall–Kier alpha value is -2.70. The summed E-state index contributed by atoms with van der Waals surface area (Å²) in [7, 11) is 0. The summed E-state index contributed by atoms with van der Waals surface area (Å²) in [4.78, 5) is 51.5. The average Bonchev–Trinajstić information content (AvgIpc) is 3.06. The fourth-order valence-electron chi connectivity index (χ4n) is 3.61. The Labute approximate surface area is 196 Å². The first kappa shape index (κ1) is 26.6. The highest BCUT2D eigenvalue weighted by atomic mass is 16.7. The number of carbonyl (C=O) groups excluding carboxylic acids is 4. The van der Waals surface area contributed by atoms with Gasteiger partial charge in [0.25, 0.3) is 11.8 Å². The van der Waals surface area contributed by atoms with Crippen LogP contribution in [0.1, 0.15) is 107 Å². The Morgan fingerprint density at radius 1 is 0.818 bits per heavy atom. The SMILES string of the molecule is CC(C)(C)OC(=O)c1ccc(CCCCCCCCCCC(=O)ON2C(=O)CCC2=O)cc1. The maximum atomic E-state index is 12.1. The van der Waals surface area contributed by atoms with Crippen LogP contribution in [-0.2, 0) is 30.4 Å². The number of amides is 2. The lowest BCUT2D eigenvalue weighted by Crippen LogP contribution is -2.31. The maximum absolute atomic E-state index is 12.1.